The molecule has 0 unspecified atom stereocenters. The van der Waals surface area contributed by atoms with Crippen LogP contribution in [0, 0.1) is 0 Å². The molecule has 0 aliphatic carbocycles. The minimum Gasteiger partial charge on any atom is -0.506 e. The summed E-state index contributed by atoms with van der Waals surface area (Å²) in [5, 5.41) is 17.1. The molecule has 0 aliphatic rings. The van der Waals surface area contributed by atoms with Gasteiger partial charge in [-0.15, -0.1) is 11.3 Å². The second kappa shape index (κ2) is 6.62. The Morgan fingerprint density at radius 3 is 2.71 bits per heavy atom. The van der Waals surface area contributed by atoms with Crippen LogP contribution in [0.25, 0.3) is 10.4 Å². The van der Waals surface area contributed by atoms with Gasteiger partial charge in [0.05, 0.1) is 26.2 Å². The molecular formula is C13H11Cl2N3OS2. The third kappa shape index (κ3) is 3.65. The van der Waals surface area contributed by atoms with Gasteiger partial charge >= 0.3 is 0 Å². The lowest BCUT2D eigenvalue weighted by Gasteiger charge is -2.03. The van der Waals surface area contributed by atoms with Gasteiger partial charge in [0.1, 0.15) is 5.75 Å². The number of hydrogen-bond acceptors (Lipinski definition) is 4. The van der Waals surface area contributed by atoms with Gasteiger partial charge in [-0.1, -0.05) is 29.3 Å². The smallest absolute Gasteiger partial charge is 0.184 e. The zero-order valence-electron chi connectivity index (χ0n) is 10.9. The van der Waals surface area contributed by atoms with Gasteiger partial charge in [0.25, 0.3) is 0 Å². The molecule has 4 nitrogen and oxygen atoms in total. The first-order valence-corrected chi connectivity index (χ1v) is 7.80. The molecule has 1 heterocycles. The van der Waals surface area contributed by atoms with Crippen molar-refractivity contribution in [1.82, 2.24) is 5.43 Å². The lowest BCUT2D eigenvalue weighted by atomic mass is 10.1. The van der Waals surface area contributed by atoms with E-state index in [1.807, 2.05) is 0 Å². The maximum absolute atomic E-state index is 10.3. The van der Waals surface area contributed by atoms with Crippen LogP contribution in [0.4, 0.5) is 0 Å². The van der Waals surface area contributed by atoms with E-state index in [9.17, 15) is 5.11 Å². The van der Waals surface area contributed by atoms with Gasteiger partial charge in [-0.05, 0) is 36.8 Å². The molecule has 0 radical (unpaired) electrons. The third-order valence-electron chi connectivity index (χ3n) is 2.67. The molecule has 0 atom stereocenters. The van der Waals surface area contributed by atoms with Crippen molar-refractivity contribution in [2.75, 3.05) is 0 Å². The number of thiophene rings is 1. The van der Waals surface area contributed by atoms with Crippen LogP contribution in [0.15, 0.2) is 28.7 Å². The first-order chi connectivity index (χ1) is 9.90. The fraction of sp³-hybridized carbons (Fsp3) is 0.0769. The van der Waals surface area contributed by atoms with Crippen molar-refractivity contribution < 1.29 is 5.11 Å². The Bertz CT molecular complexity index is 728. The summed E-state index contributed by atoms with van der Waals surface area (Å²) in [7, 11) is 0. The summed E-state index contributed by atoms with van der Waals surface area (Å²) in [6.45, 7) is 1.74. The maximum atomic E-state index is 10.3. The normalized spacial score (nSPS) is 11.5. The highest BCUT2D eigenvalue weighted by molar-refractivity contribution is 7.80. The quantitative estimate of drug-likeness (QED) is 0.440. The average Bonchev–Trinajstić information content (AvgIpc) is 2.81. The number of nitrogens with zero attached hydrogens (tertiary/aromatic N) is 1. The second-order valence-electron chi connectivity index (χ2n) is 4.13. The molecule has 0 fully saturated rings. The molecule has 8 heteroatoms. The predicted octanol–water partition coefficient (Wildman–Crippen LogP) is 3.98. The van der Waals surface area contributed by atoms with Crippen molar-refractivity contribution in [3.63, 3.8) is 0 Å². The number of hydrazone groups is 1. The molecule has 0 aliphatic heterocycles. The molecule has 1 aromatic carbocycles. The highest BCUT2D eigenvalue weighted by Crippen LogP contribution is 2.40. The molecule has 1 aromatic heterocycles. The number of nitrogens with one attached hydrogen (secondary N) is 1. The Morgan fingerprint density at radius 2 is 2.10 bits per heavy atom. The molecule has 2 aromatic rings. The zero-order chi connectivity index (χ0) is 15.6. The molecular weight excluding hydrogens is 349 g/mol. The van der Waals surface area contributed by atoms with E-state index in [0.29, 0.717) is 26.2 Å². The van der Waals surface area contributed by atoms with Gasteiger partial charge in [0.2, 0.25) is 0 Å². The minimum atomic E-state index is 0.0637. The molecule has 0 amide bonds. The number of hydrogen-bond donors (Lipinski definition) is 3. The van der Waals surface area contributed by atoms with Gasteiger partial charge < -0.3 is 10.8 Å². The molecule has 2 rings (SSSR count). The van der Waals surface area contributed by atoms with Crippen LogP contribution < -0.4 is 11.2 Å². The maximum Gasteiger partial charge on any atom is 0.184 e. The number of halogens is 2. The fourth-order valence-electron chi connectivity index (χ4n) is 1.65. The molecule has 4 N–H and O–H groups in total. The first-order valence-electron chi connectivity index (χ1n) is 5.76. The van der Waals surface area contributed by atoms with Gasteiger partial charge in [-0.3, -0.25) is 5.43 Å². The van der Waals surface area contributed by atoms with Gasteiger partial charge in [0.15, 0.2) is 5.11 Å². The van der Waals surface area contributed by atoms with E-state index in [1.165, 1.54) is 11.3 Å². The van der Waals surface area contributed by atoms with Crippen LogP contribution in [-0.4, -0.2) is 15.9 Å². The lowest BCUT2D eigenvalue weighted by Crippen LogP contribution is -2.25. The van der Waals surface area contributed by atoms with Crippen LogP contribution in [0.1, 0.15) is 12.5 Å². The Labute approximate surface area is 141 Å². The SMILES string of the molecule is CC(=NNC(N)=S)c1csc(-c2ccc(Cl)c(Cl)c2)c1O. The van der Waals surface area contributed by atoms with Crippen LogP contribution in [-0.2, 0) is 0 Å². The van der Waals surface area contributed by atoms with Gasteiger partial charge in [0, 0.05) is 5.38 Å². The number of benzene rings is 1. The molecule has 110 valence electrons. The summed E-state index contributed by atoms with van der Waals surface area (Å²) in [5.74, 6) is 0.129. The van der Waals surface area contributed by atoms with Crippen molar-refractivity contribution in [1.29, 1.82) is 0 Å². The summed E-state index contributed by atoms with van der Waals surface area (Å²) in [5.41, 5.74) is 9.76. The highest BCUT2D eigenvalue weighted by Gasteiger charge is 2.15. The highest BCUT2D eigenvalue weighted by atomic mass is 35.5. The molecule has 0 bridgehead atoms. The Hall–Kier alpha value is -1.34. The first kappa shape index (κ1) is 16.0. The van der Waals surface area contributed by atoms with Crippen molar-refractivity contribution in [3.8, 4) is 16.2 Å². The monoisotopic (exact) mass is 359 g/mol. The summed E-state index contributed by atoms with van der Waals surface area (Å²) < 4.78 is 0. The minimum absolute atomic E-state index is 0.0637. The number of nitrogens with two attached hydrogens (primary N) is 1. The molecule has 0 spiro atoms. The summed E-state index contributed by atoms with van der Waals surface area (Å²) in [6, 6.07) is 5.19. The standard InChI is InChI=1S/C13H11Cl2N3OS2/c1-6(17-18-13(16)20)8-5-21-12(11(8)19)7-2-3-9(14)10(15)4-7/h2-5,19H,1H3,(H3,16,18,20). The molecule has 0 saturated carbocycles. The van der Waals surface area contributed by atoms with Crippen LogP contribution >= 0.6 is 46.8 Å². The van der Waals surface area contributed by atoms with Crippen molar-refractivity contribution in [3.05, 3.63) is 39.2 Å². The third-order valence-corrected chi connectivity index (χ3v) is 4.52. The van der Waals surface area contributed by atoms with Crippen LogP contribution in [0.5, 0.6) is 5.75 Å². The van der Waals surface area contributed by atoms with E-state index >= 15 is 0 Å². The van der Waals surface area contributed by atoms with Crippen molar-refractivity contribution in [2.45, 2.75) is 6.92 Å². The van der Waals surface area contributed by atoms with Gasteiger partial charge in [-0.2, -0.15) is 5.10 Å². The summed E-state index contributed by atoms with van der Waals surface area (Å²) in [6.07, 6.45) is 0. The number of rotatable bonds is 3. The van der Waals surface area contributed by atoms with Crippen molar-refractivity contribution in [2.24, 2.45) is 10.8 Å². The Morgan fingerprint density at radius 1 is 1.38 bits per heavy atom. The van der Waals surface area contributed by atoms with E-state index in [-0.39, 0.29) is 10.9 Å². The van der Waals surface area contributed by atoms with Gasteiger partial charge in [-0.25, -0.2) is 0 Å². The number of thiocarbonyl (C=S) groups is 1. The number of aromatic hydroxyl groups is 1. The van der Waals surface area contributed by atoms with E-state index in [4.69, 9.17) is 28.9 Å². The second-order valence-corrected chi connectivity index (χ2v) is 6.26. The largest absolute Gasteiger partial charge is 0.506 e. The summed E-state index contributed by atoms with van der Waals surface area (Å²) in [4.78, 5) is 0.688. The molecule has 0 saturated heterocycles. The lowest BCUT2D eigenvalue weighted by molar-refractivity contribution is 0.478. The van der Waals surface area contributed by atoms with E-state index < -0.39 is 0 Å². The van der Waals surface area contributed by atoms with E-state index in [2.05, 4.69) is 22.7 Å². The van der Waals surface area contributed by atoms with E-state index in [1.54, 1.807) is 30.5 Å². The average molecular weight is 360 g/mol. The van der Waals surface area contributed by atoms with Crippen LogP contribution in [0.3, 0.4) is 0 Å². The van der Waals surface area contributed by atoms with E-state index in [0.717, 1.165) is 5.56 Å². The Kier molecular flexibility index (Phi) is 5.05. The molecule has 21 heavy (non-hydrogen) atoms. The predicted molar refractivity (Wildman–Crippen MR) is 93.6 cm³/mol. The van der Waals surface area contributed by atoms with Crippen molar-refractivity contribution >= 4 is 57.6 Å². The topological polar surface area (TPSA) is 70.6 Å². The van der Waals surface area contributed by atoms with Crippen LogP contribution in [0.2, 0.25) is 10.0 Å². The fourth-order valence-corrected chi connectivity index (χ4v) is 3.00. The zero-order valence-corrected chi connectivity index (χ0v) is 14.0. The summed E-state index contributed by atoms with van der Waals surface area (Å²) >= 11 is 18.0. The Balaban J connectivity index is 2.38.